The fourth-order valence-electron chi connectivity index (χ4n) is 4.33. The first-order valence-electron chi connectivity index (χ1n) is 10.6. The molecule has 0 aliphatic carbocycles. The van der Waals surface area contributed by atoms with Gasteiger partial charge in [-0.3, -0.25) is 14.6 Å². The van der Waals surface area contributed by atoms with Gasteiger partial charge in [0.2, 0.25) is 0 Å². The van der Waals surface area contributed by atoms with Gasteiger partial charge >= 0.3 is 6.03 Å². The van der Waals surface area contributed by atoms with E-state index < -0.39 is 23.6 Å². The zero-order valence-corrected chi connectivity index (χ0v) is 19.3. The lowest BCUT2D eigenvalue weighted by Crippen LogP contribution is -2.50. The van der Waals surface area contributed by atoms with Crippen molar-refractivity contribution in [2.45, 2.75) is 18.6 Å². The number of para-hydroxylation sites is 1. The van der Waals surface area contributed by atoms with Crippen molar-refractivity contribution in [3.05, 3.63) is 64.1 Å². The molecule has 0 bridgehead atoms. The number of imide groups is 1. The number of amides is 3. The normalized spacial score (nSPS) is 22.9. The number of urea groups is 1. The van der Waals surface area contributed by atoms with Crippen molar-refractivity contribution >= 4 is 40.8 Å². The van der Waals surface area contributed by atoms with Gasteiger partial charge in [-0.15, -0.1) is 0 Å². The molecule has 0 radical (unpaired) electrons. The molecule has 0 spiro atoms. The first-order chi connectivity index (χ1) is 15.3. The molecule has 2 saturated heterocycles. The van der Waals surface area contributed by atoms with E-state index in [-0.39, 0.29) is 6.54 Å². The summed E-state index contributed by atoms with van der Waals surface area (Å²) in [5.74, 6) is -0.445. The summed E-state index contributed by atoms with van der Waals surface area (Å²) in [6.45, 7) is 5.22. The lowest BCUT2D eigenvalue weighted by atomic mass is 9.92. The van der Waals surface area contributed by atoms with Crippen LogP contribution in [0.5, 0.6) is 0 Å². The standard InChI is InChI=1S/C23H26Cl2N4O3/c1-23(19-8-7-16(24)13-20(19)25)21(31)29(22(32)26-23)15-18(30)14-27-9-11-28(12-10-27)17-5-3-2-4-6-17/h2-8,13,18,30H,9-12,14-15H2,1H3,(H,26,32)/t18-,23+/m0/s1. The predicted octanol–water partition coefficient (Wildman–Crippen LogP) is 2.94. The van der Waals surface area contributed by atoms with Crippen LogP contribution in [0.25, 0.3) is 0 Å². The number of anilines is 1. The number of β-amino-alcohol motifs (C(OH)–C–C–N with tert-alkyl or cyclic N) is 1. The lowest BCUT2D eigenvalue weighted by Gasteiger charge is -2.37. The largest absolute Gasteiger partial charge is 0.390 e. The average molecular weight is 477 g/mol. The molecule has 2 aromatic rings. The molecule has 4 rings (SSSR count). The zero-order chi connectivity index (χ0) is 22.9. The summed E-state index contributed by atoms with van der Waals surface area (Å²) in [6, 6.07) is 14.5. The van der Waals surface area contributed by atoms with Crippen LogP contribution in [0.1, 0.15) is 12.5 Å². The van der Waals surface area contributed by atoms with Crippen molar-refractivity contribution in [3.63, 3.8) is 0 Å². The number of aliphatic hydroxyl groups is 1. The van der Waals surface area contributed by atoms with Gasteiger partial charge in [0.1, 0.15) is 5.54 Å². The highest BCUT2D eigenvalue weighted by molar-refractivity contribution is 6.35. The van der Waals surface area contributed by atoms with Crippen LogP contribution in [-0.4, -0.2) is 72.2 Å². The van der Waals surface area contributed by atoms with Crippen molar-refractivity contribution in [1.29, 1.82) is 0 Å². The molecular weight excluding hydrogens is 451 g/mol. The van der Waals surface area contributed by atoms with E-state index in [9.17, 15) is 14.7 Å². The van der Waals surface area contributed by atoms with Crippen molar-refractivity contribution in [1.82, 2.24) is 15.1 Å². The maximum Gasteiger partial charge on any atom is 0.325 e. The quantitative estimate of drug-likeness (QED) is 0.626. The molecule has 2 aliphatic heterocycles. The summed E-state index contributed by atoms with van der Waals surface area (Å²) < 4.78 is 0. The van der Waals surface area contributed by atoms with Crippen molar-refractivity contribution < 1.29 is 14.7 Å². The van der Waals surface area contributed by atoms with Crippen molar-refractivity contribution in [3.8, 4) is 0 Å². The predicted molar refractivity (Wildman–Crippen MR) is 125 cm³/mol. The van der Waals surface area contributed by atoms with Crippen molar-refractivity contribution in [2.24, 2.45) is 0 Å². The van der Waals surface area contributed by atoms with Crippen LogP contribution in [0.2, 0.25) is 10.0 Å². The van der Waals surface area contributed by atoms with Gasteiger partial charge in [0.05, 0.1) is 12.6 Å². The van der Waals surface area contributed by atoms with E-state index in [4.69, 9.17) is 23.2 Å². The molecule has 2 N–H and O–H groups in total. The first-order valence-corrected chi connectivity index (χ1v) is 11.3. The maximum absolute atomic E-state index is 13.1. The van der Waals surface area contributed by atoms with Gasteiger partial charge in [-0.2, -0.15) is 0 Å². The molecule has 3 amide bonds. The molecular formula is C23H26Cl2N4O3. The molecule has 2 fully saturated rings. The third-order valence-electron chi connectivity index (χ3n) is 6.10. The number of carbonyl (C=O) groups excluding carboxylic acids is 2. The Kier molecular flexibility index (Phi) is 6.62. The van der Waals surface area contributed by atoms with Gasteiger partial charge in [-0.25, -0.2) is 4.79 Å². The van der Waals surface area contributed by atoms with E-state index in [2.05, 4.69) is 27.2 Å². The number of nitrogens with one attached hydrogen (secondary N) is 1. The van der Waals surface area contributed by atoms with Crippen LogP contribution in [0.15, 0.2) is 48.5 Å². The molecule has 0 aromatic heterocycles. The Morgan fingerprint density at radius 3 is 2.38 bits per heavy atom. The minimum Gasteiger partial charge on any atom is -0.390 e. The number of nitrogens with zero attached hydrogens (tertiary/aromatic N) is 3. The monoisotopic (exact) mass is 476 g/mol. The second-order valence-corrected chi connectivity index (χ2v) is 9.22. The zero-order valence-electron chi connectivity index (χ0n) is 17.8. The van der Waals surface area contributed by atoms with Gasteiger partial charge in [0, 0.05) is 54.0 Å². The van der Waals surface area contributed by atoms with Crippen molar-refractivity contribution in [2.75, 3.05) is 44.2 Å². The fraction of sp³-hybridized carbons (Fsp3) is 0.391. The Labute approximate surface area is 197 Å². The summed E-state index contributed by atoms with van der Waals surface area (Å²) in [5.41, 5.74) is 0.350. The average Bonchev–Trinajstić information content (AvgIpc) is 2.98. The van der Waals surface area contributed by atoms with Gasteiger partial charge in [-0.05, 0) is 31.2 Å². The molecule has 2 aromatic carbocycles. The number of aliphatic hydroxyl groups excluding tert-OH is 1. The minimum absolute atomic E-state index is 0.0790. The van der Waals surface area contributed by atoms with Crippen LogP contribution in [-0.2, 0) is 10.3 Å². The Morgan fingerprint density at radius 1 is 1.03 bits per heavy atom. The summed E-state index contributed by atoms with van der Waals surface area (Å²) in [7, 11) is 0. The summed E-state index contributed by atoms with van der Waals surface area (Å²) >= 11 is 12.2. The molecule has 32 heavy (non-hydrogen) atoms. The topological polar surface area (TPSA) is 76.1 Å². The van der Waals surface area contributed by atoms with Crippen LogP contribution in [0, 0.1) is 0 Å². The molecule has 9 heteroatoms. The first kappa shape index (κ1) is 22.9. The van der Waals surface area contributed by atoms with E-state index in [1.54, 1.807) is 19.1 Å². The third kappa shape index (κ3) is 4.57. The smallest absolute Gasteiger partial charge is 0.325 e. The van der Waals surface area contributed by atoms with Crippen LogP contribution >= 0.6 is 23.2 Å². The number of halogens is 2. The molecule has 2 aliphatic rings. The Bertz CT molecular complexity index is 998. The van der Waals surface area contributed by atoms with Crippen LogP contribution < -0.4 is 10.2 Å². The number of piperazine rings is 1. The summed E-state index contributed by atoms with van der Waals surface area (Å²) in [4.78, 5) is 31.2. The molecule has 0 unspecified atom stereocenters. The molecule has 170 valence electrons. The second kappa shape index (κ2) is 9.27. The molecule has 2 heterocycles. The van der Waals surface area contributed by atoms with E-state index in [1.165, 1.54) is 11.8 Å². The van der Waals surface area contributed by atoms with Gasteiger partial charge in [0.15, 0.2) is 0 Å². The Morgan fingerprint density at radius 2 is 1.72 bits per heavy atom. The number of hydrogen-bond acceptors (Lipinski definition) is 5. The van der Waals surface area contributed by atoms with Crippen LogP contribution in [0.3, 0.4) is 0 Å². The summed E-state index contributed by atoms with van der Waals surface area (Å²) in [6.07, 6.45) is -0.851. The van der Waals surface area contributed by atoms with Gasteiger partial charge in [0.25, 0.3) is 5.91 Å². The number of hydrogen-bond donors (Lipinski definition) is 2. The number of benzene rings is 2. The van der Waals surface area contributed by atoms with Gasteiger partial charge in [-0.1, -0.05) is 47.5 Å². The van der Waals surface area contributed by atoms with E-state index in [0.717, 1.165) is 31.1 Å². The summed E-state index contributed by atoms with van der Waals surface area (Å²) in [5, 5.41) is 14.1. The van der Waals surface area contributed by atoms with E-state index >= 15 is 0 Å². The Hall–Kier alpha value is -2.32. The van der Waals surface area contributed by atoms with Crippen LogP contribution in [0.4, 0.5) is 10.5 Å². The molecule has 7 nitrogen and oxygen atoms in total. The highest BCUT2D eigenvalue weighted by Gasteiger charge is 2.50. The van der Waals surface area contributed by atoms with E-state index in [0.29, 0.717) is 22.2 Å². The fourth-order valence-corrected chi connectivity index (χ4v) is 4.93. The van der Waals surface area contributed by atoms with E-state index in [1.807, 2.05) is 18.2 Å². The molecule has 2 atom stereocenters. The minimum atomic E-state index is -1.31. The number of rotatable bonds is 6. The SMILES string of the molecule is C[C@]1(c2ccc(Cl)cc2Cl)NC(=O)N(C[C@@H](O)CN2CCN(c3ccccc3)CC2)C1=O. The lowest BCUT2D eigenvalue weighted by molar-refractivity contribution is -0.132. The highest BCUT2D eigenvalue weighted by atomic mass is 35.5. The number of carbonyl (C=O) groups is 2. The highest BCUT2D eigenvalue weighted by Crippen LogP contribution is 2.35. The second-order valence-electron chi connectivity index (χ2n) is 8.37. The Balaban J connectivity index is 1.35. The third-order valence-corrected chi connectivity index (χ3v) is 6.65. The molecule has 0 saturated carbocycles. The maximum atomic E-state index is 13.1. The van der Waals surface area contributed by atoms with Gasteiger partial charge < -0.3 is 15.3 Å².